The zero-order valence-electron chi connectivity index (χ0n) is 11.4. The highest BCUT2D eigenvalue weighted by atomic mass is 16.5. The Labute approximate surface area is 109 Å². The summed E-state index contributed by atoms with van der Waals surface area (Å²) in [4.78, 5) is 0. The summed E-state index contributed by atoms with van der Waals surface area (Å²) < 4.78 is 5.51. The van der Waals surface area contributed by atoms with Crippen molar-refractivity contribution >= 4 is 0 Å². The van der Waals surface area contributed by atoms with Gasteiger partial charge in [0, 0.05) is 12.1 Å². The molecule has 3 heteroatoms. The summed E-state index contributed by atoms with van der Waals surface area (Å²) in [5.74, 6) is 0. The van der Waals surface area contributed by atoms with E-state index in [1.54, 1.807) is 0 Å². The van der Waals surface area contributed by atoms with Gasteiger partial charge in [-0.3, -0.25) is 0 Å². The number of nitrogens with one attached hydrogen (secondary N) is 1. The van der Waals surface area contributed by atoms with Crippen molar-refractivity contribution in [2.24, 2.45) is 0 Å². The molecule has 3 unspecified atom stereocenters. The van der Waals surface area contributed by atoms with Gasteiger partial charge in [-0.2, -0.15) is 0 Å². The fourth-order valence-corrected chi connectivity index (χ4v) is 2.54. The average molecular weight is 249 g/mol. The van der Waals surface area contributed by atoms with E-state index < -0.39 is 6.10 Å². The number of ether oxygens (including phenoxy) is 1. The first-order chi connectivity index (χ1) is 8.56. The smallest absolute Gasteiger partial charge is 0.0808 e. The van der Waals surface area contributed by atoms with Gasteiger partial charge in [0.25, 0.3) is 0 Å². The number of hydrogen-bond donors (Lipinski definition) is 2. The molecule has 1 aromatic rings. The summed E-state index contributed by atoms with van der Waals surface area (Å²) in [6, 6.07) is 6.84. The third kappa shape index (κ3) is 3.31. The Morgan fingerprint density at radius 2 is 2.17 bits per heavy atom. The van der Waals surface area contributed by atoms with Crippen LogP contribution < -0.4 is 5.32 Å². The zero-order chi connectivity index (χ0) is 13.1. The standard InChI is InChI=1S/C15H23NO2/c1-10-4-5-11(2)14(6-10)15(17)7-13-9-18-8-12(3)16-13/h4-6,12-13,15-17H,7-9H2,1-3H3. The Balaban J connectivity index is 2.02. The van der Waals surface area contributed by atoms with Crippen molar-refractivity contribution in [3.63, 3.8) is 0 Å². The molecule has 3 atom stereocenters. The van der Waals surface area contributed by atoms with E-state index in [1.165, 1.54) is 5.56 Å². The molecule has 0 saturated carbocycles. The summed E-state index contributed by atoms with van der Waals surface area (Å²) in [7, 11) is 0. The molecule has 0 aromatic heterocycles. The second-order valence-corrected chi connectivity index (χ2v) is 5.41. The van der Waals surface area contributed by atoms with Crippen molar-refractivity contribution in [2.75, 3.05) is 13.2 Å². The van der Waals surface area contributed by atoms with Gasteiger partial charge in [-0.15, -0.1) is 0 Å². The van der Waals surface area contributed by atoms with Crippen LogP contribution in [0.1, 0.15) is 36.1 Å². The van der Waals surface area contributed by atoms with Gasteiger partial charge >= 0.3 is 0 Å². The lowest BCUT2D eigenvalue weighted by atomic mass is 9.96. The summed E-state index contributed by atoms with van der Waals surface area (Å²) >= 11 is 0. The van der Waals surface area contributed by atoms with Gasteiger partial charge in [-0.05, 0) is 38.3 Å². The maximum absolute atomic E-state index is 10.4. The van der Waals surface area contributed by atoms with Crippen LogP contribution in [0, 0.1) is 13.8 Å². The molecule has 0 bridgehead atoms. The monoisotopic (exact) mass is 249 g/mol. The second-order valence-electron chi connectivity index (χ2n) is 5.41. The van der Waals surface area contributed by atoms with Gasteiger partial charge in [0.1, 0.15) is 0 Å². The number of aryl methyl sites for hydroxylation is 2. The first-order valence-electron chi connectivity index (χ1n) is 6.65. The van der Waals surface area contributed by atoms with E-state index in [9.17, 15) is 5.11 Å². The lowest BCUT2D eigenvalue weighted by Gasteiger charge is -2.30. The van der Waals surface area contributed by atoms with Gasteiger partial charge in [0.2, 0.25) is 0 Å². The molecule has 1 saturated heterocycles. The number of hydrogen-bond acceptors (Lipinski definition) is 3. The largest absolute Gasteiger partial charge is 0.388 e. The van der Waals surface area contributed by atoms with Crippen molar-refractivity contribution in [1.29, 1.82) is 0 Å². The summed E-state index contributed by atoms with van der Waals surface area (Å²) in [6.07, 6.45) is 0.283. The molecule has 0 spiro atoms. The topological polar surface area (TPSA) is 41.5 Å². The summed E-state index contributed by atoms with van der Waals surface area (Å²) in [5, 5.41) is 13.8. The average Bonchev–Trinajstić information content (AvgIpc) is 2.32. The van der Waals surface area contributed by atoms with E-state index in [1.807, 2.05) is 6.92 Å². The van der Waals surface area contributed by atoms with E-state index in [0.29, 0.717) is 19.1 Å². The predicted octanol–water partition coefficient (Wildman–Crippen LogP) is 2.10. The Morgan fingerprint density at radius 1 is 1.39 bits per heavy atom. The highest BCUT2D eigenvalue weighted by molar-refractivity contribution is 5.32. The van der Waals surface area contributed by atoms with Gasteiger partial charge in [0.15, 0.2) is 0 Å². The van der Waals surface area contributed by atoms with E-state index in [2.05, 4.69) is 37.4 Å². The second kappa shape index (κ2) is 5.83. The van der Waals surface area contributed by atoms with Crippen LogP contribution in [0.15, 0.2) is 18.2 Å². The molecule has 1 aromatic carbocycles. The Hall–Kier alpha value is -0.900. The van der Waals surface area contributed by atoms with Crippen LogP contribution >= 0.6 is 0 Å². The molecule has 100 valence electrons. The van der Waals surface area contributed by atoms with Crippen molar-refractivity contribution in [3.05, 3.63) is 34.9 Å². The van der Waals surface area contributed by atoms with Crippen LogP contribution in [0.3, 0.4) is 0 Å². The molecular weight excluding hydrogens is 226 g/mol. The minimum absolute atomic E-state index is 0.240. The van der Waals surface area contributed by atoms with Crippen molar-refractivity contribution in [2.45, 2.75) is 45.4 Å². The van der Waals surface area contributed by atoms with Gasteiger partial charge in [0.05, 0.1) is 19.3 Å². The minimum Gasteiger partial charge on any atom is -0.388 e. The number of aliphatic hydroxyl groups is 1. The first-order valence-corrected chi connectivity index (χ1v) is 6.65. The van der Waals surface area contributed by atoms with E-state index in [-0.39, 0.29) is 6.04 Å². The molecule has 1 heterocycles. The maximum Gasteiger partial charge on any atom is 0.0808 e. The van der Waals surface area contributed by atoms with Gasteiger partial charge in [-0.1, -0.05) is 23.8 Å². The number of rotatable bonds is 3. The lowest BCUT2D eigenvalue weighted by molar-refractivity contribution is 0.0303. The summed E-state index contributed by atoms with van der Waals surface area (Å²) in [5.41, 5.74) is 3.38. The van der Waals surface area contributed by atoms with Crippen LogP contribution in [0.5, 0.6) is 0 Å². The van der Waals surface area contributed by atoms with Crippen LogP contribution in [0.4, 0.5) is 0 Å². The first kappa shape index (κ1) is 13.5. The van der Waals surface area contributed by atoms with Crippen LogP contribution in [0.25, 0.3) is 0 Å². The quantitative estimate of drug-likeness (QED) is 0.862. The maximum atomic E-state index is 10.4. The van der Waals surface area contributed by atoms with Crippen molar-refractivity contribution < 1.29 is 9.84 Å². The fourth-order valence-electron chi connectivity index (χ4n) is 2.54. The minimum atomic E-state index is -0.420. The number of benzene rings is 1. The third-order valence-electron chi connectivity index (χ3n) is 3.51. The van der Waals surface area contributed by atoms with Crippen LogP contribution in [-0.4, -0.2) is 30.4 Å². The normalized spacial score (nSPS) is 26.0. The Kier molecular flexibility index (Phi) is 4.38. The third-order valence-corrected chi connectivity index (χ3v) is 3.51. The van der Waals surface area contributed by atoms with Crippen molar-refractivity contribution in [1.82, 2.24) is 5.32 Å². The van der Waals surface area contributed by atoms with Gasteiger partial charge < -0.3 is 15.2 Å². The SMILES string of the molecule is Cc1ccc(C)c(C(O)CC2COCC(C)N2)c1. The molecule has 1 aliphatic heterocycles. The van der Waals surface area contributed by atoms with E-state index >= 15 is 0 Å². The summed E-state index contributed by atoms with van der Waals surface area (Å²) in [6.45, 7) is 7.66. The zero-order valence-corrected chi connectivity index (χ0v) is 11.4. The molecule has 1 fully saturated rings. The number of morpholine rings is 1. The highest BCUT2D eigenvalue weighted by Gasteiger charge is 2.22. The molecule has 1 aliphatic rings. The molecule has 0 aliphatic carbocycles. The fraction of sp³-hybridized carbons (Fsp3) is 0.600. The molecule has 18 heavy (non-hydrogen) atoms. The van der Waals surface area contributed by atoms with Gasteiger partial charge in [-0.25, -0.2) is 0 Å². The lowest BCUT2D eigenvalue weighted by Crippen LogP contribution is -2.47. The van der Waals surface area contributed by atoms with Crippen molar-refractivity contribution in [3.8, 4) is 0 Å². The molecule has 2 N–H and O–H groups in total. The molecule has 0 amide bonds. The molecule has 0 radical (unpaired) electrons. The Bertz CT molecular complexity index is 405. The van der Waals surface area contributed by atoms with Crippen LogP contribution in [-0.2, 0) is 4.74 Å². The highest BCUT2D eigenvalue weighted by Crippen LogP contribution is 2.24. The molecule has 3 nitrogen and oxygen atoms in total. The Morgan fingerprint density at radius 3 is 2.89 bits per heavy atom. The van der Waals surface area contributed by atoms with E-state index in [0.717, 1.165) is 17.7 Å². The van der Waals surface area contributed by atoms with E-state index in [4.69, 9.17) is 4.74 Å². The number of aliphatic hydroxyl groups excluding tert-OH is 1. The molecule has 2 rings (SSSR count). The predicted molar refractivity (Wildman–Crippen MR) is 72.7 cm³/mol. The van der Waals surface area contributed by atoms with Crippen LogP contribution in [0.2, 0.25) is 0 Å². The molecular formula is C15H23NO2.